The number of carbonyl (C=O) groups is 2. The van der Waals surface area contributed by atoms with Crippen molar-refractivity contribution in [3.63, 3.8) is 0 Å². The lowest BCUT2D eigenvalue weighted by atomic mass is 9.93. The number of likely N-dealkylation sites (tertiary alicyclic amines) is 1. The molecule has 1 saturated heterocycles. The zero-order chi connectivity index (χ0) is 17.8. The molecule has 134 valence electrons. The predicted octanol–water partition coefficient (Wildman–Crippen LogP) is 2.55. The van der Waals surface area contributed by atoms with Crippen molar-refractivity contribution in [3.05, 3.63) is 41.6 Å². The molecule has 1 N–H and O–H groups in total. The van der Waals surface area contributed by atoms with Crippen molar-refractivity contribution in [2.75, 3.05) is 19.6 Å². The van der Waals surface area contributed by atoms with Crippen LogP contribution in [0, 0.1) is 0 Å². The molecule has 2 heterocycles. The number of hydrogen-bond acceptors (Lipinski definition) is 3. The summed E-state index contributed by atoms with van der Waals surface area (Å²) in [7, 11) is 0. The van der Waals surface area contributed by atoms with Crippen LogP contribution in [0.2, 0.25) is 0 Å². The first kappa shape index (κ1) is 17.7. The summed E-state index contributed by atoms with van der Waals surface area (Å²) in [6.45, 7) is 6.54. The first-order valence-corrected chi connectivity index (χ1v) is 9.17. The van der Waals surface area contributed by atoms with E-state index in [1.807, 2.05) is 30.3 Å². The first-order valence-electron chi connectivity index (χ1n) is 9.17. The van der Waals surface area contributed by atoms with Gasteiger partial charge in [-0.2, -0.15) is 0 Å². The largest absolute Gasteiger partial charge is 0.354 e. The SMILES string of the molecule is CCN1CCC[C@H]1CNC(=O)C[C@H]1c2ccccc2C=CN1C(C)=O. The van der Waals surface area contributed by atoms with Crippen molar-refractivity contribution in [3.8, 4) is 0 Å². The minimum atomic E-state index is -0.232. The summed E-state index contributed by atoms with van der Waals surface area (Å²) in [5, 5.41) is 3.08. The van der Waals surface area contributed by atoms with Crippen molar-refractivity contribution in [2.24, 2.45) is 0 Å². The molecule has 2 aliphatic rings. The van der Waals surface area contributed by atoms with Gasteiger partial charge in [0.15, 0.2) is 0 Å². The second-order valence-electron chi connectivity index (χ2n) is 6.82. The molecule has 1 aromatic rings. The molecule has 2 aliphatic heterocycles. The van der Waals surface area contributed by atoms with E-state index >= 15 is 0 Å². The number of hydrogen-bond donors (Lipinski definition) is 1. The molecule has 0 bridgehead atoms. The highest BCUT2D eigenvalue weighted by atomic mass is 16.2. The van der Waals surface area contributed by atoms with E-state index in [9.17, 15) is 9.59 Å². The summed E-state index contributed by atoms with van der Waals surface area (Å²) in [5.41, 5.74) is 2.11. The van der Waals surface area contributed by atoms with Crippen LogP contribution >= 0.6 is 0 Å². The minimum absolute atomic E-state index is 0.00399. The molecule has 5 heteroatoms. The third kappa shape index (κ3) is 3.93. The fraction of sp³-hybridized carbons (Fsp3) is 0.500. The lowest BCUT2D eigenvalue weighted by Crippen LogP contribution is -2.41. The number of fused-ring (bicyclic) bond motifs is 1. The summed E-state index contributed by atoms with van der Waals surface area (Å²) in [4.78, 5) is 28.6. The Morgan fingerprint density at radius 2 is 2.08 bits per heavy atom. The van der Waals surface area contributed by atoms with Crippen LogP contribution in [0.25, 0.3) is 6.08 Å². The van der Waals surface area contributed by atoms with E-state index in [0.29, 0.717) is 19.0 Å². The molecule has 1 fully saturated rings. The predicted molar refractivity (Wildman–Crippen MR) is 98.6 cm³/mol. The first-order chi connectivity index (χ1) is 12.1. The van der Waals surface area contributed by atoms with Gasteiger partial charge in [0.05, 0.1) is 12.5 Å². The van der Waals surface area contributed by atoms with Crippen LogP contribution in [-0.2, 0) is 9.59 Å². The number of benzene rings is 1. The molecular weight excluding hydrogens is 314 g/mol. The quantitative estimate of drug-likeness (QED) is 0.895. The van der Waals surface area contributed by atoms with Gasteiger partial charge in [-0.3, -0.25) is 14.5 Å². The normalized spacial score (nSPS) is 22.7. The Labute approximate surface area is 149 Å². The van der Waals surface area contributed by atoms with Gasteiger partial charge in [-0.25, -0.2) is 0 Å². The standard InChI is InChI=1S/C20H27N3O2/c1-3-22-11-6-8-17(22)14-21-20(25)13-19-18-9-5-4-7-16(18)10-12-23(19)15(2)24/h4-5,7,9-10,12,17,19H,3,6,8,11,13-14H2,1-2H3,(H,21,25)/t17-,19-/m0/s1. The lowest BCUT2D eigenvalue weighted by molar-refractivity contribution is -0.130. The Balaban J connectivity index is 1.66. The van der Waals surface area contributed by atoms with Gasteiger partial charge in [-0.1, -0.05) is 31.2 Å². The molecule has 0 spiro atoms. The van der Waals surface area contributed by atoms with E-state index in [1.165, 1.54) is 6.42 Å². The van der Waals surface area contributed by atoms with E-state index in [4.69, 9.17) is 0 Å². The maximum atomic E-state index is 12.5. The summed E-state index contributed by atoms with van der Waals surface area (Å²) >= 11 is 0. The molecule has 5 nitrogen and oxygen atoms in total. The topological polar surface area (TPSA) is 52.7 Å². The third-order valence-corrected chi connectivity index (χ3v) is 5.29. The van der Waals surface area contributed by atoms with E-state index in [-0.39, 0.29) is 17.9 Å². The van der Waals surface area contributed by atoms with E-state index in [2.05, 4.69) is 17.1 Å². The molecule has 0 aliphatic carbocycles. The molecule has 1 aromatic carbocycles. The number of carbonyl (C=O) groups excluding carboxylic acids is 2. The van der Waals surface area contributed by atoms with Crippen molar-refractivity contribution >= 4 is 17.9 Å². The second kappa shape index (κ2) is 7.83. The molecule has 0 saturated carbocycles. The van der Waals surface area contributed by atoms with Crippen LogP contribution in [0.4, 0.5) is 0 Å². The van der Waals surface area contributed by atoms with Crippen LogP contribution in [-0.4, -0.2) is 47.3 Å². The summed E-state index contributed by atoms with van der Waals surface area (Å²) < 4.78 is 0. The van der Waals surface area contributed by atoms with Crippen molar-refractivity contribution in [1.82, 2.24) is 15.1 Å². The zero-order valence-corrected chi connectivity index (χ0v) is 15.1. The number of amides is 2. The van der Waals surface area contributed by atoms with Crippen LogP contribution < -0.4 is 5.32 Å². The van der Waals surface area contributed by atoms with E-state index in [1.54, 1.807) is 18.0 Å². The van der Waals surface area contributed by atoms with Crippen molar-refractivity contribution in [1.29, 1.82) is 0 Å². The molecular formula is C20H27N3O2. The summed E-state index contributed by atoms with van der Waals surface area (Å²) in [5.74, 6) is -0.0409. The summed E-state index contributed by atoms with van der Waals surface area (Å²) in [6.07, 6.45) is 6.36. The highest BCUT2D eigenvalue weighted by Gasteiger charge is 2.29. The van der Waals surface area contributed by atoms with E-state index < -0.39 is 0 Å². The Hall–Kier alpha value is -2.14. The van der Waals surface area contributed by atoms with Crippen molar-refractivity contribution < 1.29 is 9.59 Å². The van der Waals surface area contributed by atoms with Gasteiger partial charge >= 0.3 is 0 Å². The number of likely N-dealkylation sites (N-methyl/N-ethyl adjacent to an activating group) is 1. The molecule has 0 unspecified atom stereocenters. The van der Waals surface area contributed by atoms with Gasteiger partial charge < -0.3 is 10.2 Å². The second-order valence-corrected chi connectivity index (χ2v) is 6.82. The Morgan fingerprint density at radius 1 is 1.28 bits per heavy atom. The highest BCUT2D eigenvalue weighted by Crippen LogP contribution is 2.32. The fourth-order valence-electron chi connectivity index (χ4n) is 3.94. The van der Waals surface area contributed by atoms with Crippen LogP contribution in [0.15, 0.2) is 30.5 Å². The van der Waals surface area contributed by atoms with Crippen LogP contribution in [0.1, 0.15) is 50.3 Å². The van der Waals surface area contributed by atoms with Gasteiger partial charge in [-0.05, 0) is 43.1 Å². The van der Waals surface area contributed by atoms with Gasteiger partial charge in [0.1, 0.15) is 0 Å². The van der Waals surface area contributed by atoms with Gasteiger partial charge in [0.2, 0.25) is 11.8 Å². The molecule has 3 rings (SSSR count). The van der Waals surface area contributed by atoms with Gasteiger partial charge in [0, 0.05) is 25.7 Å². The fourth-order valence-corrected chi connectivity index (χ4v) is 3.94. The molecule has 2 atom stereocenters. The van der Waals surface area contributed by atoms with Crippen LogP contribution in [0.3, 0.4) is 0 Å². The highest BCUT2D eigenvalue weighted by molar-refractivity contribution is 5.81. The van der Waals surface area contributed by atoms with Gasteiger partial charge in [-0.15, -0.1) is 0 Å². The average molecular weight is 341 g/mol. The summed E-state index contributed by atoms with van der Waals surface area (Å²) in [6, 6.07) is 8.16. The lowest BCUT2D eigenvalue weighted by Gasteiger charge is -2.32. The molecule has 0 radical (unpaired) electrons. The zero-order valence-electron chi connectivity index (χ0n) is 15.1. The third-order valence-electron chi connectivity index (χ3n) is 5.29. The molecule has 0 aromatic heterocycles. The average Bonchev–Trinajstić information content (AvgIpc) is 3.07. The number of rotatable bonds is 5. The number of nitrogens with one attached hydrogen (secondary N) is 1. The number of nitrogens with zero attached hydrogens (tertiary/aromatic N) is 2. The Morgan fingerprint density at radius 3 is 2.84 bits per heavy atom. The monoisotopic (exact) mass is 341 g/mol. The molecule has 25 heavy (non-hydrogen) atoms. The Bertz CT molecular complexity index is 671. The molecule has 2 amide bonds. The van der Waals surface area contributed by atoms with Crippen LogP contribution in [0.5, 0.6) is 0 Å². The van der Waals surface area contributed by atoms with E-state index in [0.717, 1.165) is 30.6 Å². The minimum Gasteiger partial charge on any atom is -0.354 e. The maximum absolute atomic E-state index is 12.5. The van der Waals surface area contributed by atoms with Gasteiger partial charge in [0.25, 0.3) is 0 Å². The Kier molecular flexibility index (Phi) is 5.53. The smallest absolute Gasteiger partial charge is 0.223 e. The maximum Gasteiger partial charge on any atom is 0.223 e. The van der Waals surface area contributed by atoms with Crippen molar-refractivity contribution in [2.45, 2.75) is 45.2 Å².